The number of nitrogens with zero attached hydrogens (tertiary/aromatic N) is 1. The number of carbonyl (C=O) groups excluding carboxylic acids is 2. The standard InChI is InChI=1S/C14H17NO3/c1-3-10-4-6-12(7-5-10)15-9-11(8-13(15)16)14(17)18-2/h4-7,11H,3,8-9H2,1-2H3/t11-/m0/s1. The van der Waals surface area contributed by atoms with Gasteiger partial charge in [-0.05, 0) is 24.1 Å². The molecule has 1 atom stereocenters. The summed E-state index contributed by atoms with van der Waals surface area (Å²) in [5.41, 5.74) is 2.08. The van der Waals surface area contributed by atoms with Crippen LogP contribution >= 0.6 is 0 Å². The van der Waals surface area contributed by atoms with E-state index in [1.54, 1.807) is 4.90 Å². The number of hydrogen-bond donors (Lipinski definition) is 0. The molecule has 1 aromatic carbocycles. The molecule has 0 radical (unpaired) electrons. The highest BCUT2D eigenvalue weighted by molar-refractivity contribution is 5.99. The summed E-state index contributed by atoms with van der Waals surface area (Å²) in [6.07, 6.45) is 1.21. The molecule has 4 nitrogen and oxygen atoms in total. The van der Waals surface area contributed by atoms with Crippen LogP contribution < -0.4 is 4.90 Å². The Kier molecular flexibility index (Phi) is 3.65. The monoisotopic (exact) mass is 247 g/mol. The Balaban J connectivity index is 2.13. The van der Waals surface area contributed by atoms with E-state index < -0.39 is 0 Å². The van der Waals surface area contributed by atoms with Crippen molar-refractivity contribution in [2.45, 2.75) is 19.8 Å². The van der Waals surface area contributed by atoms with Crippen LogP contribution in [0.25, 0.3) is 0 Å². The van der Waals surface area contributed by atoms with Crippen molar-refractivity contribution in [2.75, 3.05) is 18.6 Å². The van der Waals surface area contributed by atoms with Crippen molar-refractivity contribution in [3.05, 3.63) is 29.8 Å². The molecule has 1 saturated heterocycles. The van der Waals surface area contributed by atoms with Crippen molar-refractivity contribution in [3.63, 3.8) is 0 Å². The molecule has 1 amide bonds. The van der Waals surface area contributed by atoms with E-state index in [0.29, 0.717) is 6.54 Å². The van der Waals surface area contributed by atoms with Gasteiger partial charge in [-0.25, -0.2) is 0 Å². The van der Waals surface area contributed by atoms with Gasteiger partial charge in [0.25, 0.3) is 0 Å². The number of ether oxygens (including phenoxy) is 1. The van der Waals surface area contributed by atoms with Gasteiger partial charge < -0.3 is 9.64 Å². The van der Waals surface area contributed by atoms with Crippen molar-refractivity contribution in [2.24, 2.45) is 5.92 Å². The second kappa shape index (κ2) is 5.21. The normalized spacial score (nSPS) is 19.1. The van der Waals surface area contributed by atoms with Crippen LogP contribution in [0.15, 0.2) is 24.3 Å². The lowest BCUT2D eigenvalue weighted by molar-refractivity contribution is -0.145. The van der Waals surface area contributed by atoms with E-state index in [-0.39, 0.29) is 24.2 Å². The molecular formula is C14H17NO3. The van der Waals surface area contributed by atoms with E-state index in [1.165, 1.54) is 12.7 Å². The van der Waals surface area contributed by atoms with Gasteiger partial charge in [-0.1, -0.05) is 19.1 Å². The van der Waals surface area contributed by atoms with E-state index in [1.807, 2.05) is 24.3 Å². The van der Waals surface area contributed by atoms with Crippen molar-refractivity contribution in [3.8, 4) is 0 Å². The Labute approximate surface area is 107 Å². The summed E-state index contributed by atoms with van der Waals surface area (Å²) < 4.78 is 4.69. The summed E-state index contributed by atoms with van der Waals surface area (Å²) in [5.74, 6) is -0.668. The number of esters is 1. The summed E-state index contributed by atoms with van der Waals surface area (Å²) in [7, 11) is 1.35. The zero-order valence-electron chi connectivity index (χ0n) is 10.7. The SMILES string of the molecule is CCc1ccc(N2C[C@@H](C(=O)OC)CC2=O)cc1. The Bertz CT molecular complexity index is 453. The van der Waals surface area contributed by atoms with Gasteiger partial charge in [0, 0.05) is 18.7 Å². The summed E-state index contributed by atoms with van der Waals surface area (Å²) in [6.45, 7) is 2.50. The van der Waals surface area contributed by atoms with Gasteiger partial charge in [0.2, 0.25) is 5.91 Å². The number of benzene rings is 1. The van der Waals surface area contributed by atoms with Crippen molar-refractivity contribution < 1.29 is 14.3 Å². The van der Waals surface area contributed by atoms with E-state index in [0.717, 1.165) is 12.1 Å². The van der Waals surface area contributed by atoms with Crippen LogP contribution in [-0.2, 0) is 20.7 Å². The van der Waals surface area contributed by atoms with Gasteiger partial charge in [0.1, 0.15) is 0 Å². The summed E-state index contributed by atoms with van der Waals surface area (Å²) in [4.78, 5) is 25.0. The smallest absolute Gasteiger partial charge is 0.311 e. The molecule has 1 aliphatic heterocycles. The Morgan fingerprint density at radius 3 is 2.61 bits per heavy atom. The van der Waals surface area contributed by atoms with E-state index in [9.17, 15) is 9.59 Å². The number of carbonyl (C=O) groups is 2. The van der Waals surface area contributed by atoms with E-state index in [4.69, 9.17) is 0 Å². The maximum atomic E-state index is 11.9. The molecule has 2 rings (SSSR count). The number of methoxy groups -OCH3 is 1. The van der Waals surface area contributed by atoms with Crippen molar-refractivity contribution >= 4 is 17.6 Å². The van der Waals surface area contributed by atoms with Gasteiger partial charge in [-0.15, -0.1) is 0 Å². The quantitative estimate of drug-likeness (QED) is 0.765. The molecule has 0 bridgehead atoms. The molecule has 1 aromatic rings. The molecule has 1 aliphatic rings. The molecule has 1 heterocycles. The largest absolute Gasteiger partial charge is 0.469 e. The summed E-state index contributed by atoms with van der Waals surface area (Å²) >= 11 is 0. The fraction of sp³-hybridized carbons (Fsp3) is 0.429. The number of anilines is 1. The average molecular weight is 247 g/mol. The second-order valence-corrected chi connectivity index (χ2v) is 4.45. The van der Waals surface area contributed by atoms with Crippen molar-refractivity contribution in [1.82, 2.24) is 0 Å². The fourth-order valence-corrected chi connectivity index (χ4v) is 2.19. The van der Waals surface area contributed by atoms with Crippen LogP contribution in [0.4, 0.5) is 5.69 Å². The molecule has 0 aromatic heterocycles. The maximum absolute atomic E-state index is 11.9. The van der Waals surface area contributed by atoms with Gasteiger partial charge in [-0.3, -0.25) is 9.59 Å². The molecule has 96 valence electrons. The highest BCUT2D eigenvalue weighted by atomic mass is 16.5. The minimum absolute atomic E-state index is 0.0188. The lowest BCUT2D eigenvalue weighted by atomic mass is 10.1. The first-order valence-electron chi connectivity index (χ1n) is 6.12. The third-order valence-corrected chi connectivity index (χ3v) is 3.32. The Morgan fingerprint density at radius 2 is 2.06 bits per heavy atom. The summed E-state index contributed by atoms with van der Waals surface area (Å²) in [5, 5.41) is 0. The first-order chi connectivity index (χ1) is 8.65. The van der Waals surface area contributed by atoms with Crippen LogP contribution in [-0.4, -0.2) is 25.5 Å². The number of amides is 1. The minimum atomic E-state index is -0.339. The molecule has 0 saturated carbocycles. The highest BCUT2D eigenvalue weighted by Gasteiger charge is 2.35. The molecule has 0 unspecified atom stereocenters. The van der Waals surface area contributed by atoms with Gasteiger partial charge in [0.05, 0.1) is 13.0 Å². The van der Waals surface area contributed by atoms with Gasteiger partial charge >= 0.3 is 5.97 Å². The molecule has 0 aliphatic carbocycles. The molecule has 18 heavy (non-hydrogen) atoms. The minimum Gasteiger partial charge on any atom is -0.469 e. The zero-order valence-corrected chi connectivity index (χ0v) is 10.7. The lowest BCUT2D eigenvalue weighted by Crippen LogP contribution is -2.26. The van der Waals surface area contributed by atoms with Crippen LogP contribution in [0.2, 0.25) is 0 Å². The molecule has 0 N–H and O–H groups in total. The van der Waals surface area contributed by atoms with E-state index in [2.05, 4.69) is 11.7 Å². The summed E-state index contributed by atoms with van der Waals surface area (Å²) in [6, 6.07) is 7.87. The third-order valence-electron chi connectivity index (χ3n) is 3.32. The Morgan fingerprint density at radius 1 is 1.39 bits per heavy atom. The maximum Gasteiger partial charge on any atom is 0.311 e. The van der Waals surface area contributed by atoms with Crippen LogP contribution in [0.1, 0.15) is 18.9 Å². The van der Waals surface area contributed by atoms with Crippen LogP contribution in [0.3, 0.4) is 0 Å². The highest BCUT2D eigenvalue weighted by Crippen LogP contribution is 2.26. The molecule has 1 fully saturated rings. The number of hydrogen-bond acceptors (Lipinski definition) is 3. The number of rotatable bonds is 3. The third kappa shape index (κ3) is 2.37. The molecule has 0 spiro atoms. The first kappa shape index (κ1) is 12.6. The average Bonchev–Trinajstić information content (AvgIpc) is 2.80. The topological polar surface area (TPSA) is 46.6 Å². The van der Waals surface area contributed by atoms with E-state index >= 15 is 0 Å². The van der Waals surface area contributed by atoms with Crippen LogP contribution in [0, 0.1) is 5.92 Å². The lowest BCUT2D eigenvalue weighted by Gasteiger charge is -2.16. The predicted molar refractivity (Wildman–Crippen MR) is 68.3 cm³/mol. The Hall–Kier alpha value is -1.84. The molecule has 4 heteroatoms. The van der Waals surface area contributed by atoms with Gasteiger partial charge in [0.15, 0.2) is 0 Å². The second-order valence-electron chi connectivity index (χ2n) is 4.45. The van der Waals surface area contributed by atoms with Gasteiger partial charge in [-0.2, -0.15) is 0 Å². The van der Waals surface area contributed by atoms with Crippen LogP contribution in [0.5, 0.6) is 0 Å². The zero-order chi connectivity index (χ0) is 13.1. The predicted octanol–water partition coefficient (Wildman–Crippen LogP) is 1.77. The van der Waals surface area contributed by atoms with Crippen molar-refractivity contribution in [1.29, 1.82) is 0 Å². The first-order valence-corrected chi connectivity index (χ1v) is 6.12. The fourth-order valence-electron chi connectivity index (χ4n) is 2.19. The molecular weight excluding hydrogens is 230 g/mol. The number of aryl methyl sites for hydroxylation is 1.